The van der Waals surface area contributed by atoms with Crippen molar-refractivity contribution in [1.29, 1.82) is 0 Å². The first-order valence-electron chi connectivity index (χ1n) is 16.9. The maximum Gasteiger partial charge on any atom is 0.330 e. The van der Waals surface area contributed by atoms with Crippen LogP contribution >= 0.6 is 0 Å². The second-order valence-electron chi connectivity index (χ2n) is 15.0. The minimum Gasteiger partial charge on any atom is -0.497 e. The quantitative estimate of drug-likeness (QED) is 0.175. The molecule has 1 unspecified atom stereocenters. The summed E-state index contributed by atoms with van der Waals surface area (Å²) in [5.74, 6) is -1.75. The van der Waals surface area contributed by atoms with Crippen LogP contribution < -0.4 is 25.4 Å². The van der Waals surface area contributed by atoms with Gasteiger partial charge in [0.15, 0.2) is 0 Å². The van der Waals surface area contributed by atoms with Crippen LogP contribution in [0.4, 0.5) is 4.79 Å². The number of aromatic nitrogens is 1. The highest BCUT2D eigenvalue weighted by Crippen LogP contribution is 2.45. The molecule has 5 atom stereocenters. The van der Waals surface area contributed by atoms with Gasteiger partial charge in [0.05, 0.1) is 37.0 Å². The van der Waals surface area contributed by atoms with Crippen molar-refractivity contribution in [2.45, 2.75) is 76.7 Å². The number of hydrogen-bond acceptors (Lipinski definition) is 8. The Morgan fingerprint density at radius 3 is 2.39 bits per heavy atom. The molecule has 13 heteroatoms. The van der Waals surface area contributed by atoms with Gasteiger partial charge in [-0.3, -0.25) is 9.59 Å². The van der Waals surface area contributed by atoms with Gasteiger partial charge in [-0.05, 0) is 37.8 Å². The van der Waals surface area contributed by atoms with Gasteiger partial charge < -0.3 is 40.5 Å². The molecule has 2 heterocycles. The molecule has 1 saturated carbocycles. The fraction of sp³-hybridized carbons (Fsp3) is 0.447. The van der Waals surface area contributed by atoms with E-state index in [0.717, 1.165) is 5.56 Å². The second kappa shape index (κ2) is 14.2. The first-order chi connectivity index (χ1) is 24.0. The van der Waals surface area contributed by atoms with E-state index in [0.29, 0.717) is 28.1 Å². The summed E-state index contributed by atoms with van der Waals surface area (Å²) in [6.45, 7) is 12.0. The smallest absolute Gasteiger partial charge is 0.330 e. The first-order valence-corrected chi connectivity index (χ1v) is 16.9. The molecule has 1 aromatic heterocycles. The number of carboxylic acids is 1. The van der Waals surface area contributed by atoms with Gasteiger partial charge in [-0.1, -0.05) is 57.2 Å². The number of nitrogens with one attached hydrogen (secondary N) is 3. The molecule has 0 spiro atoms. The van der Waals surface area contributed by atoms with Crippen molar-refractivity contribution in [3.63, 3.8) is 0 Å². The van der Waals surface area contributed by atoms with Crippen LogP contribution in [0.1, 0.15) is 47.5 Å². The van der Waals surface area contributed by atoms with Crippen LogP contribution in [0, 0.1) is 11.3 Å². The number of aliphatic carboxylic acids is 1. The maximum absolute atomic E-state index is 14.5. The number of nitrogens with zero attached hydrogens (tertiary/aromatic N) is 2. The number of rotatable bonds is 12. The molecule has 13 nitrogen and oxygen atoms in total. The molecule has 1 aliphatic heterocycles. The van der Waals surface area contributed by atoms with Gasteiger partial charge in [0.1, 0.15) is 35.2 Å². The Labute approximate surface area is 297 Å². The summed E-state index contributed by atoms with van der Waals surface area (Å²) in [5, 5.41) is 28.5. The predicted octanol–water partition coefficient (Wildman–Crippen LogP) is 3.89. The number of pyridine rings is 1. The van der Waals surface area contributed by atoms with E-state index in [1.807, 2.05) is 42.5 Å². The average Bonchev–Trinajstić information content (AvgIpc) is 3.65. The molecule has 4 amide bonds. The number of aliphatic hydroxyl groups excluding tert-OH is 1. The van der Waals surface area contributed by atoms with Gasteiger partial charge in [0.25, 0.3) is 0 Å². The van der Waals surface area contributed by atoms with Crippen LogP contribution in [0.2, 0.25) is 0 Å². The standard InChI is InChI=1S/C38H47N5O8/c1-8-23-19-38(23,34(47)48)41-32(45)29-17-25(20-43(29)33(46)31(36(2,3)4)40-35(49)42-37(5,6)21-44)51-30-18-27(22-12-10-9-11-13-22)39-28-16-24(50-7)14-15-26(28)30/h8-16,18,23,25,29,31,44H,1,17,19-21H2,2-7H3,(H,41,45)(H,47,48)(H2,40,42,49)/t23-,25+,29-,31+,38?/m0/s1. The number of carbonyl (C=O) groups is 4. The molecule has 1 aliphatic carbocycles. The van der Waals surface area contributed by atoms with Gasteiger partial charge in [-0.15, -0.1) is 6.58 Å². The lowest BCUT2D eigenvalue weighted by Crippen LogP contribution is -2.61. The Hall–Kier alpha value is -5.17. The minimum absolute atomic E-state index is 0.0273. The van der Waals surface area contributed by atoms with Crippen LogP contribution in [-0.2, 0) is 14.4 Å². The molecule has 5 N–H and O–H groups in total. The molecule has 0 radical (unpaired) electrons. The zero-order valence-corrected chi connectivity index (χ0v) is 29.9. The van der Waals surface area contributed by atoms with Crippen molar-refractivity contribution in [2.24, 2.45) is 11.3 Å². The molecular formula is C38H47N5O8. The Morgan fingerprint density at radius 1 is 1.10 bits per heavy atom. The summed E-state index contributed by atoms with van der Waals surface area (Å²) in [6.07, 6.45) is 1.03. The van der Waals surface area contributed by atoms with Crippen molar-refractivity contribution in [3.8, 4) is 22.8 Å². The highest BCUT2D eigenvalue weighted by atomic mass is 16.5. The van der Waals surface area contributed by atoms with E-state index in [2.05, 4.69) is 22.5 Å². The number of carbonyl (C=O) groups excluding carboxylic acids is 3. The minimum atomic E-state index is -1.52. The number of fused-ring (bicyclic) bond motifs is 1. The number of carboxylic acid groups (broad SMARTS) is 1. The summed E-state index contributed by atoms with van der Waals surface area (Å²) in [6, 6.07) is 13.9. The van der Waals surface area contributed by atoms with E-state index >= 15 is 0 Å². The Bertz CT molecular complexity index is 1820. The van der Waals surface area contributed by atoms with Crippen LogP contribution in [0.5, 0.6) is 11.5 Å². The summed E-state index contributed by atoms with van der Waals surface area (Å²) >= 11 is 0. The molecule has 0 bridgehead atoms. The molecule has 272 valence electrons. The maximum atomic E-state index is 14.5. The van der Waals surface area contributed by atoms with Crippen LogP contribution in [0.3, 0.4) is 0 Å². The summed E-state index contributed by atoms with van der Waals surface area (Å²) in [5.41, 5.74) is -1.17. The summed E-state index contributed by atoms with van der Waals surface area (Å²) in [4.78, 5) is 60.1. The van der Waals surface area contributed by atoms with Gasteiger partial charge >= 0.3 is 12.0 Å². The Morgan fingerprint density at radius 2 is 1.80 bits per heavy atom. The topological polar surface area (TPSA) is 179 Å². The normalized spacial score (nSPS) is 22.1. The van der Waals surface area contributed by atoms with Crippen LogP contribution in [0.15, 0.2) is 67.3 Å². The molecule has 2 fully saturated rings. The molecule has 5 rings (SSSR count). The molecular weight excluding hydrogens is 654 g/mol. The van der Waals surface area contributed by atoms with Gasteiger partial charge in [0.2, 0.25) is 11.8 Å². The molecule has 1 saturated heterocycles. The van der Waals surface area contributed by atoms with E-state index in [4.69, 9.17) is 14.5 Å². The van der Waals surface area contributed by atoms with Crippen molar-refractivity contribution in [2.75, 3.05) is 20.3 Å². The van der Waals surface area contributed by atoms with Gasteiger partial charge in [0, 0.05) is 35.4 Å². The highest BCUT2D eigenvalue weighted by Gasteiger charge is 2.61. The number of hydrogen-bond donors (Lipinski definition) is 5. The molecule has 2 aromatic carbocycles. The Balaban J connectivity index is 1.50. The monoisotopic (exact) mass is 701 g/mol. The zero-order chi connectivity index (χ0) is 37.3. The van der Waals surface area contributed by atoms with E-state index in [9.17, 15) is 29.4 Å². The van der Waals surface area contributed by atoms with Gasteiger partial charge in [-0.2, -0.15) is 0 Å². The van der Waals surface area contributed by atoms with Crippen molar-refractivity contribution in [3.05, 3.63) is 67.3 Å². The SMILES string of the molecule is C=C[C@H]1CC1(NC(=O)[C@@H]1C[C@@H](Oc2cc(-c3ccccc3)nc3cc(OC)ccc23)CN1C(=O)[C@@H](NC(=O)NC(C)(C)CO)C(C)(C)C)C(=O)O. The van der Waals surface area contributed by atoms with Crippen LogP contribution in [0.25, 0.3) is 22.2 Å². The summed E-state index contributed by atoms with van der Waals surface area (Å²) in [7, 11) is 1.57. The van der Waals surface area contributed by atoms with Crippen molar-refractivity contribution in [1.82, 2.24) is 25.8 Å². The number of urea groups is 1. The van der Waals surface area contributed by atoms with E-state index in [1.54, 1.807) is 53.9 Å². The fourth-order valence-electron chi connectivity index (χ4n) is 6.36. The number of benzene rings is 2. The van der Waals surface area contributed by atoms with E-state index in [-0.39, 0.29) is 26.0 Å². The molecule has 51 heavy (non-hydrogen) atoms. The second-order valence-corrected chi connectivity index (χ2v) is 15.0. The Kier molecular flexibility index (Phi) is 10.3. The number of aliphatic hydroxyl groups is 1. The fourth-order valence-corrected chi connectivity index (χ4v) is 6.36. The third kappa shape index (κ3) is 7.93. The lowest BCUT2D eigenvalue weighted by atomic mass is 9.85. The lowest BCUT2D eigenvalue weighted by molar-refractivity contribution is -0.146. The van der Waals surface area contributed by atoms with Gasteiger partial charge in [-0.25, -0.2) is 14.6 Å². The first kappa shape index (κ1) is 37.1. The average molecular weight is 702 g/mol. The lowest BCUT2D eigenvalue weighted by Gasteiger charge is -2.36. The van der Waals surface area contributed by atoms with E-state index < -0.39 is 64.4 Å². The van der Waals surface area contributed by atoms with Crippen molar-refractivity contribution >= 4 is 34.7 Å². The summed E-state index contributed by atoms with van der Waals surface area (Å²) < 4.78 is 12.1. The third-order valence-corrected chi connectivity index (χ3v) is 9.45. The largest absolute Gasteiger partial charge is 0.497 e. The predicted molar refractivity (Wildman–Crippen MR) is 191 cm³/mol. The number of methoxy groups -OCH3 is 1. The van der Waals surface area contributed by atoms with Crippen molar-refractivity contribution < 1.29 is 38.9 Å². The zero-order valence-electron chi connectivity index (χ0n) is 29.9. The van der Waals surface area contributed by atoms with Crippen LogP contribution in [-0.4, -0.2) is 93.4 Å². The number of ether oxygens (including phenoxy) is 2. The highest BCUT2D eigenvalue weighted by molar-refractivity contribution is 5.96. The molecule has 2 aliphatic rings. The third-order valence-electron chi connectivity index (χ3n) is 9.45. The number of amides is 4. The van der Waals surface area contributed by atoms with E-state index in [1.165, 1.54) is 11.0 Å². The number of likely N-dealkylation sites (tertiary alicyclic amines) is 1. The molecule has 3 aromatic rings.